The lowest BCUT2D eigenvalue weighted by atomic mass is 9.63. The van der Waals surface area contributed by atoms with Crippen LogP contribution in [0.15, 0.2) is 30.4 Å². The number of carbonyl (C=O) groups is 3. The number of imide groups is 1. The summed E-state index contributed by atoms with van der Waals surface area (Å²) in [5, 5.41) is 13.5. The molecule has 1 aliphatic heterocycles. The Labute approximate surface area is 172 Å². The smallest absolute Gasteiger partial charge is 0.273 e. The van der Waals surface area contributed by atoms with Gasteiger partial charge in [0.05, 0.1) is 35.6 Å². The van der Waals surface area contributed by atoms with Gasteiger partial charge in [0.15, 0.2) is 0 Å². The van der Waals surface area contributed by atoms with Crippen molar-refractivity contribution in [3.63, 3.8) is 0 Å². The normalized spacial score (nSPS) is 32.6. The van der Waals surface area contributed by atoms with E-state index in [4.69, 9.17) is 4.74 Å². The molecule has 156 valence electrons. The second-order valence-electron chi connectivity index (χ2n) is 8.42. The largest absolute Gasteiger partial charge is 0.494 e. The van der Waals surface area contributed by atoms with Gasteiger partial charge in [-0.05, 0) is 36.2 Å². The maximum atomic E-state index is 12.9. The van der Waals surface area contributed by atoms with Gasteiger partial charge in [0.1, 0.15) is 5.75 Å². The molecule has 1 aromatic carbocycles. The molecule has 1 heterocycles. The number of nitrogens with zero attached hydrogens (tertiary/aromatic N) is 2. The maximum Gasteiger partial charge on any atom is 0.273 e. The highest BCUT2D eigenvalue weighted by Gasteiger charge is 2.66. The second kappa shape index (κ2) is 6.65. The predicted octanol–water partition coefficient (Wildman–Crippen LogP) is 1.99. The molecule has 6 atom stereocenters. The molecule has 9 heteroatoms. The molecule has 5 aliphatic rings. The number of hydrogen-bond acceptors (Lipinski definition) is 6. The second-order valence-corrected chi connectivity index (χ2v) is 8.42. The number of methoxy groups -OCH3 is 1. The minimum absolute atomic E-state index is 0.0283. The van der Waals surface area contributed by atoms with Crippen molar-refractivity contribution in [2.24, 2.45) is 35.5 Å². The fraction of sp³-hybridized carbons (Fsp3) is 0.476. The first-order chi connectivity index (χ1) is 14.4. The van der Waals surface area contributed by atoms with E-state index in [1.165, 1.54) is 30.2 Å². The number of nitrogens with one attached hydrogen (secondary N) is 1. The average Bonchev–Trinajstić information content (AvgIpc) is 3.51. The molecular formula is C21H21N3O6. The molecule has 1 aromatic rings. The molecule has 30 heavy (non-hydrogen) atoms. The summed E-state index contributed by atoms with van der Waals surface area (Å²) < 4.78 is 5.11. The predicted molar refractivity (Wildman–Crippen MR) is 104 cm³/mol. The fourth-order valence-electron chi connectivity index (χ4n) is 5.56. The number of amides is 3. The monoisotopic (exact) mass is 411 g/mol. The molecule has 4 aliphatic carbocycles. The number of nitro groups is 1. The SMILES string of the molecule is COc1cc([N+](=O)[O-])ccc1NC(=O)CCN1C(=O)[C@@H]2[C@@H]3C=C[C@H]([C@@H]4C[C@H]34)[C@H]2C1=O. The number of rotatable bonds is 6. The van der Waals surface area contributed by atoms with Gasteiger partial charge < -0.3 is 10.1 Å². The summed E-state index contributed by atoms with van der Waals surface area (Å²) >= 11 is 0. The van der Waals surface area contributed by atoms with Crippen molar-refractivity contribution in [1.29, 1.82) is 0 Å². The van der Waals surface area contributed by atoms with Crippen molar-refractivity contribution in [2.45, 2.75) is 12.8 Å². The number of allylic oxidation sites excluding steroid dienone is 2. The van der Waals surface area contributed by atoms with Gasteiger partial charge in [0, 0.05) is 19.0 Å². The molecule has 6 rings (SSSR count). The van der Waals surface area contributed by atoms with E-state index >= 15 is 0 Å². The van der Waals surface area contributed by atoms with E-state index in [0.29, 0.717) is 17.5 Å². The van der Waals surface area contributed by atoms with Gasteiger partial charge in [0.2, 0.25) is 17.7 Å². The Hall–Kier alpha value is -3.23. The lowest BCUT2D eigenvalue weighted by Gasteiger charge is -2.37. The highest BCUT2D eigenvalue weighted by Crippen LogP contribution is 2.65. The summed E-state index contributed by atoms with van der Waals surface area (Å²) in [4.78, 5) is 49.9. The number of ether oxygens (including phenoxy) is 1. The molecule has 1 saturated heterocycles. The topological polar surface area (TPSA) is 119 Å². The first kappa shape index (κ1) is 18.8. The summed E-state index contributed by atoms with van der Waals surface area (Å²) in [7, 11) is 1.35. The van der Waals surface area contributed by atoms with Crippen LogP contribution >= 0.6 is 0 Å². The molecule has 0 aromatic heterocycles. The number of nitro benzene ring substituents is 1. The van der Waals surface area contributed by atoms with Gasteiger partial charge in [-0.25, -0.2) is 0 Å². The van der Waals surface area contributed by atoms with Crippen LogP contribution in [0.2, 0.25) is 0 Å². The highest BCUT2D eigenvalue weighted by atomic mass is 16.6. The average molecular weight is 411 g/mol. The Bertz CT molecular complexity index is 968. The third kappa shape index (κ3) is 2.72. The Morgan fingerprint density at radius 3 is 2.40 bits per heavy atom. The molecule has 1 N–H and O–H groups in total. The number of hydrogen-bond donors (Lipinski definition) is 1. The molecule has 0 radical (unpaired) electrons. The Morgan fingerprint density at radius 1 is 1.20 bits per heavy atom. The number of non-ortho nitro benzene ring substituents is 1. The summed E-state index contributed by atoms with van der Waals surface area (Å²) in [6, 6.07) is 3.89. The van der Waals surface area contributed by atoms with E-state index in [1.54, 1.807) is 0 Å². The highest BCUT2D eigenvalue weighted by molar-refractivity contribution is 6.06. The summed E-state index contributed by atoms with van der Waals surface area (Å²) in [6.07, 6.45) is 5.28. The Morgan fingerprint density at radius 2 is 1.83 bits per heavy atom. The van der Waals surface area contributed by atoms with Gasteiger partial charge >= 0.3 is 0 Å². The Kier molecular flexibility index (Phi) is 4.16. The van der Waals surface area contributed by atoms with Crippen LogP contribution in [-0.4, -0.2) is 41.2 Å². The third-order valence-corrected chi connectivity index (χ3v) is 6.99. The lowest BCUT2D eigenvalue weighted by molar-refractivity contribution is -0.384. The number of anilines is 1. The number of carbonyl (C=O) groups excluding carboxylic acids is 3. The van der Waals surface area contributed by atoms with Crippen LogP contribution in [0.5, 0.6) is 5.75 Å². The first-order valence-electron chi connectivity index (χ1n) is 10.1. The van der Waals surface area contributed by atoms with Crippen molar-refractivity contribution in [1.82, 2.24) is 4.90 Å². The van der Waals surface area contributed by atoms with Gasteiger partial charge in [0.25, 0.3) is 5.69 Å². The molecule has 2 bridgehead atoms. The Balaban J connectivity index is 1.24. The molecule has 3 fully saturated rings. The van der Waals surface area contributed by atoms with Crippen LogP contribution in [0.3, 0.4) is 0 Å². The van der Waals surface area contributed by atoms with Crippen molar-refractivity contribution >= 4 is 29.1 Å². The standard InChI is InChI=1S/C21H21N3O6/c1-30-16-8-10(24(28)29)2-5-15(16)22-17(25)6-7-23-20(26)18-11-3-4-12(14-9-13(11)14)19(18)21(23)27/h2-5,8,11-14,18-19H,6-7,9H2,1H3,(H,22,25)/t11-,12-,13-,14+,18-,19-/m1/s1. The van der Waals surface area contributed by atoms with Gasteiger partial charge in [-0.3, -0.25) is 29.4 Å². The van der Waals surface area contributed by atoms with E-state index < -0.39 is 10.8 Å². The fourth-order valence-corrected chi connectivity index (χ4v) is 5.56. The van der Waals surface area contributed by atoms with Gasteiger partial charge in [-0.1, -0.05) is 12.2 Å². The van der Waals surface area contributed by atoms with Crippen molar-refractivity contribution in [2.75, 3.05) is 19.0 Å². The minimum atomic E-state index is -0.551. The van der Waals surface area contributed by atoms with Crippen molar-refractivity contribution in [3.8, 4) is 5.75 Å². The van der Waals surface area contributed by atoms with Crippen LogP contribution in [0, 0.1) is 45.6 Å². The maximum absolute atomic E-state index is 12.9. The lowest BCUT2D eigenvalue weighted by Crippen LogP contribution is -2.40. The summed E-state index contributed by atoms with van der Waals surface area (Å²) in [6.45, 7) is 0.0283. The zero-order valence-corrected chi connectivity index (χ0v) is 16.3. The van der Waals surface area contributed by atoms with E-state index in [1.807, 2.05) is 0 Å². The van der Waals surface area contributed by atoms with Crippen LogP contribution in [0.1, 0.15) is 12.8 Å². The van der Waals surface area contributed by atoms with Crippen LogP contribution < -0.4 is 10.1 Å². The molecule has 0 spiro atoms. The zero-order chi connectivity index (χ0) is 21.2. The van der Waals surface area contributed by atoms with Gasteiger partial charge in [-0.2, -0.15) is 0 Å². The van der Waals surface area contributed by atoms with E-state index in [0.717, 1.165) is 6.42 Å². The minimum Gasteiger partial charge on any atom is -0.494 e. The number of benzene rings is 1. The third-order valence-electron chi connectivity index (χ3n) is 6.99. The van der Waals surface area contributed by atoms with Crippen molar-refractivity contribution < 1.29 is 24.0 Å². The van der Waals surface area contributed by atoms with Crippen molar-refractivity contribution in [3.05, 3.63) is 40.5 Å². The van der Waals surface area contributed by atoms with E-state index in [2.05, 4.69) is 17.5 Å². The quantitative estimate of drug-likeness (QED) is 0.331. The van der Waals surface area contributed by atoms with Crippen LogP contribution in [0.25, 0.3) is 0 Å². The van der Waals surface area contributed by atoms with Crippen LogP contribution in [0.4, 0.5) is 11.4 Å². The first-order valence-corrected chi connectivity index (χ1v) is 10.1. The van der Waals surface area contributed by atoms with Gasteiger partial charge in [-0.15, -0.1) is 0 Å². The van der Waals surface area contributed by atoms with E-state index in [-0.39, 0.29) is 59.9 Å². The zero-order valence-electron chi connectivity index (χ0n) is 16.3. The van der Waals surface area contributed by atoms with Crippen LogP contribution in [-0.2, 0) is 14.4 Å². The summed E-state index contributed by atoms with van der Waals surface area (Å²) in [5.74, 6) is 0.301. The number of likely N-dealkylation sites (tertiary alicyclic amines) is 1. The molecule has 2 saturated carbocycles. The molecule has 9 nitrogen and oxygen atoms in total. The molecule has 3 amide bonds. The molecular weight excluding hydrogens is 390 g/mol. The molecule has 0 unspecified atom stereocenters. The van der Waals surface area contributed by atoms with E-state index in [9.17, 15) is 24.5 Å². The summed E-state index contributed by atoms with van der Waals surface area (Å²) in [5.41, 5.74) is 0.144.